The Hall–Kier alpha value is -1.59. The van der Waals surface area contributed by atoms with Crippen LogP contribution >= 0.6 is 0 Å². The molecule has 0 N–H and O–H groups in total. The number of rotatable bonds is 2. The molecule has 0 bridgehead atoms. The minimum atomic E-state index is -2.69. The fourth-order valence-corrected chi connectivity index (χ4v) is 0.881. The lowest BCUT2D eigenvalue weighted by Crippen LogP contribution is -1.96. The molecule has 0 radical (unpaired) electrons. The van der Waals surface area contributed by atoms with E-state index in [4.69, 9.17) is 0 Å². The molecule has 1 aromatic heterocycles. The molecule has 1 rings (SSSR count). The number of aromatic nitrogens is 1. The molecule has 0 unspecified atom stereocenters. The van der Waals surface area contributed by atoms with Gasteiger partial charge in [0, 0.05) is 5.56 Å². The molecule has 70 valence electrons. The van der Waals surface area contributed by atoms with Crippen LogP contribution in [0.25, 0.3) is 0 Å². The first-order valence-electron chi connectivity index (χ1n) is 3.41. The van der Waals surface area contributed by atoms with E-state index >= 15 is 0 Å². The van der Waals surface area contributed by atoms with Crippen LogP contribution in [0.4, 0.5) is 14.5 Å². The van der Waals surface area contributed by atoms with Gasteiger partial charge in [0.25, 0.3) is 12.1 Å². The Bertz CT molecular complexity index is 341. The molecular formula is C7H6F2N2O2. The van der Waals surface area contributed by atoms with E-state index in [0.29, 0.717) is 0 Å². The largest absolute Gasteiger partial charge is 0.290 e. The highest BCUT2D eigenvalue weighted by molar-refractivity contribution is 5.37. The summed E-state index contributed by atoms with van der Waals surface area (Å²) in [5, 5.41) is 10.3. The van der Waals surface area contributed by atoms with E-state index in [0.717, 1.165) is 12.3 Å². The lowest BCUT2D eigenvalue weighted by Gasteiger charge is -2.00. The van der Waals surface area contributed by atoms with E-state index in [1.807, 2.05) is 0 Å². The minimum absolute atomic E-state index is 0.190. The summed E-state index contributed by atoms with van der Waals surface area (Å²) in [5.41, 5.74) is -0.497. The standard InChI is InChI=1S/C7H6F2N2O2/c1-4-2-5(7(8)9)10-3-6(4)11(12)13/h2-3,7H,1H3. The summed E-state index contributed by atoms with van der Waals surface area (Å²) >= 11 is 0. The molecule has 0 saturated heterocycles. The van der Waals surface area contributed by atoms with Crippen molar-refractivity contribution in [1.82, 2.24) is 4.98 Å². The maximum atomic E-state index is 12.0. The molecule has 0 aromatic carbocycles. The molecule has 6 heteroatoms. The van der Waals surface area contributed by atoms with Gasteiger partial charge in [-0.05, 0) is 13.0 Å². The molecule has 0 aliphatic heterocycles. The fourth-order valence-electron chi connectivity index (χ4n) is 0.881. The summed E-state index contributed by atoms with van der Waals surface area (Å²) < 4.78 is 24.1. The van der Waals surface area contributed by atoms with Crippen molar-refractivity contribution in [3.63, 3.8) is 0 Å². The second-order valence-corrected chi connectivity index (χ2v) is 2.45. The SMILES string of the molecule is Cc1cc(C(F)F)ncc1[N+](=O)[O-]. The topological polar surface area (TPSA) is 56.0 Å². The minimum Gasteiger partial charge on any atom is -0.258 e. The fraction of sp³-hybridized carbons (Fsp3) is 0.286. The first-order chi connectivity index (χ1) is 6.02. The molecule has 0 amide bonds. The Balaban J connectivity index is 3.13. The normalized spacial score (nSPS) is 10.5. The third-order valence-corrected chi connectivity index (χ3v) is 1.52. The van der Waals surface area contributed by atoms with Crippen molar-refractivity contribution in [3.05, 3.63) is 33.6 Å². The van der Waals surface area contributed by atoms with Crippen LogP contribution in [0.5, 0.6) is 0 Å². The monoisotopic (exact) mass is 188 g/mol. The van der Waals surface area contributed by atoms with Gasteiger partial charge in [-0.15, -0.1) is 0 Å². The molecule has 0 fully saturated rings. The molecule has 4 nitrogen and oxygen atoms in total. The van der Waals surface area contributed by atoms with E-state index in [1.165, 1.54) is 6.92 Å². The Morgan fingerprint density at radius 2 is 2.23 bits per heavy atom. The van der Waals surface area contributed by atoms with E-state index in [-0.39, 0.29) is 11.3 Å². The van der Waals surface area contributed by atoms with E-state index in [9.17, 15) is 18.9 Å². The van der Waals surface area contributed by atoms with Crippen LogP contribution in [0.2, 0.25) is 0 Å². The summed E-state index contributed by atoms with van der Waals surface area (Å²) in [6.45, 7) is 1.39. The van der Waals surface area contributed by atoms with Gasteiger partial charge >= 0.3 is 0 Å². The zero-order valence-corrected chi connectivity index (χ0v) is 6.70. The van der Waals surface area contributed by atoms with Gasteiger partial charge in [-0.1, -0.05) is 0 Å². The van der Waals surface area contributed by atoms with Crippen LogP contribution < -0.4 is 0 Å². The first kappa shape index (κ1) is 9.50. The van der Waals surface area contributed by atoms with Crippen LogP contribution in [-0.2, 0) is 0 Å². The van der Waals surface area contributed by atoms with Gasteiger partial charge in [0.05, 0.1) is 4.92 Å². The lowest BCUT2D eigenvalue weighted by atomic mass is 10.2. The third kappa shape index (κ3) is 1.95. The summed E-state index contributed by atoms with van der Waals surface area (Å²) in [5.74, 6) is 0. The number of aryl methyl sites for hydroxylation is 1. The number of nitro groups is 1. The zero-order chi connectivity index (χ0) is 10.0. The van der Waals surface area contributed by atoms with E-state index in [2.05, 4.69) is 4.98 Å². The Kier molecular flexibility index (Phi) is 2.50. The van der Waals surface area contributed by atoms with Crippen molar-refractivity contribution in [2.45, 2.75) is 13.3 Å². The molecule has 0 aliphatic carbocycles. The molecular weight excluding hydrogens is 182 g/mol. The highest BCUT2D eigenvalue weighted by Gasteiger charge is 2.15. The molecule has 1 aromatic rings. The number of hydrogen-bond donors (Lipinski definition) is 0. The van der Waals surface area contributed by atoms with Crippen LogP contribution in [0.1, 0.15) is 17.7 Å². The van der Waals surface area contributed by atoms with E-state index < -0.39 is 17.0 Å². The van der Waals surface area contributed by atoms with Gasteiger partial charge < -0.3 is 0 Å². The van der Waals surface area contributed by atoms with Gasteiger partial charge in [-0.3, -0.25) is 10.1 Å². The molecule has 1 heterocycles. The quantitative estimate of drug-likeness (QED) is 0.528. The number of alkyl halides is 2. The average Bonchev–Trinajstić information content (AvgIpc) is 2.03. The van der Waals surface area contributed by atoms with E-state index in [1.54, 1.807) is 0 Å². The Labute approximate surface area is 72.4 Å². The van der Waals surface area contributed by atoms with Gasteiger partial charge in [0.15, 0.2) is 0 Å². The van der Waals surface area contributed by atoms with Crippen molar-refractivity contribution >= 4 is 5.69 Å². The second-order valence-electron chi connectivity index (χ2n) is 2.45. The second kappa shape index (κ2) is 3.42. The summed E-state index contributed by atoms with van der Waals surface area (Å²) in [6.07, 6.45) is -1.85. The van der Waals surface area contributed by atoms with Gasteiger partial charge in [-0.25, -0.2) is 13.8 Å². The number of hydrogen-bond acceptors (Lipinski definition) is 3. The summed E-state index contributed by atoms with van der Waals surface area (Å²) in [4.78, 5) is 12.9. The van der Waals surface area contributed by atoms with Crippen molar-refractivity contribution in [2.75, 3.05) is 0 Å². The van der Waals surface area contributed by atoms with Crippen LogP contribution in [-0.4, -0.2) is 9.91 Å². The Morgan fingerprint density at radius 3 is 2.62 bits per heavy atom. The zero-order valence-electron chi connectivity index (χ0n) is 6.70. The average molecular weight is 188 g/mol. The van der Waals surface area contributed by atoms with Crippen LogP contribution in [0.15, 0.2) is 12.3 Å². The van der Waals surface area contributed by atoms with Crippen molar-refractivity contribution in [2.24, 2.45) is 0 Å². The maximum Gasteiger partial charge on any atom is 0.290 e. The van der Waals surface area contributed by atoms with Crippen molar-refractivity contribution < 1.29 is 13.7 Å². The smallest absolute Gasteiger partial charge is 0.258 e. The highest BCUT2D eigenvalue weighted by Crippen LogP contribution is 2.22. The number of nitrogens with zero attached hydrogens (tertiary/aromatic N) is 2. The first-order valence-corrected chi connectivity index (χ1v) is 3.41. The van der Waals surface area contributed by atoms with Gasteiger partial charge in [0.1, 0.15) is 11.9 Å². The maximum absolute atomic E-state index is 12.0. The molecule has 0 spiro atoms. The molecule has 13 heavy (non-hydrogen) atoms. The van der Waals surface area contributed by atoms with Gasteiger partial charge in [0.2, 0.25) is 0 Å². The number of halogens is 2. The Morgan fingerprint density at radius 1 is 1.62 bits per heavy atom. The molecule has 0 saturated carbocycles. The van der Waals surface area contributed by atoms with Crippen LogP contribution in [0.3, 0.4) is 0 Å². The van der Waals surface area contributed by atoms with Crippen molar-refractivity contribution in [3.8, 4) is 0 Å². The molecule has 0 atom stereocenters. The summed E-state index contributed by atoms with van der Waals surface area (Å²) in [6, 6.07) is 1.02. The summed E-state index contributed by atoms with van der Waals surface area (Å²) in [7, 11) is 0. The predicted molar refractivity (Wildman–Crippen MR) is 40.6 cm³/mol. The highest BCUT2D eigenvalue weighted by atomic mass is 19.3. The lowest BCUT2D eigenvalue weighted by molar-refractivity contribution is -0.385. The van der Waals surface area contributed by atoms with Crippen LogP contribution in [0, 0.1) is 17.0 Å². The van der Waals surface area contributed by atoms with Crippen molar-refractivity contribution in [1.29, 1.82) is 0 Å². The predicted octanol–water partition coefficient (Wildman–Crippen LogP) is 2.24. The third-order valence-electron chi connectivity index (χ3n) is 1.52. The van der Waals surface area contributed by atoms with Gasteiger partial charge in [-0.2, -0.15) is 0 Å². The molecule has 0 aliphatic rings. The number of pyridine rings is 1.